The molecule has 6 nitrogen and oxygen atoms in total. The molecule has 0 unspecified atom stereocenters. The smallest absolute Gasteiger partial charge is 0.306 e. The van der Waals surface area contributed by atoms with Gasteiger partial charge in [0.05, 0.1) is 15.9 Å². The zero-order valence-corrected chi connectivity index (χ0v) is 16.0. The van der Waals surface area contributed by atoms with Gasteiger partial charge < -0.3 is 9.97 Å². The molecule has 0 saturated heterocycles. The van der Waals surface area contributed by atoms with Crippen LogP contribution in [0.3, 0.4) is 0 Å². The summed E-state index contributed by atoms with van der Waals surface area (Å²) in [5.74, 6) is 0. The van der Waals surface area contributed by atoms with Crippen LogP contribution in [0.25, 0.3) is 11.0 Å². The Morgan fingerprint density at radius 3 is 2.08 bits per heavy atom. The molecule has 1 aromatic carbocycles. The van der Waals surface area contributed by atoms with Gasteiger partial charge in [0.25, 0.3) is 0 Å². The van der Waals surface area contributed by atoms with Gasteiger partial charge in [-0.25, -0.2) is 13.2 Å². The first kappa shape index (κ1) is 17.2. The van der Waals surface area contributed by atoms with Gasteiger partial charge in [0, 0.05) is 22.8 Å². The number of nitrogens with one attached hydrogen (secondary N) is 2. The van der Waals surface area contributed by atoms with E-state index >= 15 is 0 Å². The van der Waals surface area contributed by atoms with Crippen LogP contribution in [0, 0.1) is 0 Å². The third-order valence-corrected chi connectivity index (χ3v) is 7.46. The second kappa shape index (κ2) is 6.84. The summed E-state index contributed by atoms with van der Waals surface area (Å²) in [5.41, 5.74) is 0.698. The van der Waals surface area contributed by atoms with Gasteiger partial charge in [-0.05, 0) is 41.1 Å². The van der Waals surface area contributed by atoms with Crippen LogP contribution < -0.4 is 5.69 Å². The summed E-state index contributed by atoms with van der Waals surface area (Å²) < 4.78 is 28.0. The molecule has 4 aromatic rings. The molecule has 0 radical (unpaired) electrons. The van der Waals surface area contributed by atoms with Crippen molar-refractivity contribution in [2.75, 3.05) is 0 Å². The van der Waals surface area contributed by atoms with Crippen molar-refractivity contribution < 1.29 is 8.42 Å². The molecule has 4 rings (SSSR count). The minimum Gasteiger partial charge on any atom is -0.306 e. The fourth-order valence-corrected chi connectivity index (χ4v) is 5.73. The average molecular weight is 406 g/mol. The number of fused-ring (bicyclic) bond motifs is 1. The van der Waals surface area contributed by atoms with Crippen molar-refractivity contribution in [2.24, 2.45) is 0 Å². The molecule has 0 saturated carbocycles. The van der Waals surface area contributed by atoms with E-state index in [2.05, 4.69) is 9.97 Å². The third kappa shape index (κ3) is 3.38. The number of benzene rings is 1. The summed E-state index contributed by atoms with van der Waals surface area (Å²) >= 11 is 3.05. The highest BCUT2D eigenvalue weighted by atomic mass is 32.2. The van der Waals surface area contributed by atoms with Gasteiger partial charge >= 0.3 is 5.69 Å². The Bertz CT molecular complexity index is 1140. The van der Waals surface area contributed by atoms with E-state index < -0.39 is 10.0 Å². The van der Waals surface area contributed by atoms with Crippen molar-refractivity contribution in [3.8, 4) is 0 Å². The minimum atomic E-state index is -3.72. The number of sulfonamides is 1. The first-order chi connectivity index (χ1) is 12.5. The van der Waals surface area contributed by atoms with Crippen LogP contribution in [-0.2, 0) is 23.1 Å². The first-order valence-electron chi connectivity index (χ1n) is 7.79. The third-order valence-electron chi connectivity index (χ3n) is 3.95. The van der Waals surface area contributed by atoms with Crippen molar-refractivity contribution >= 4 is 43.7 Å². The zero-order chi connectivity index (χ0) is 18.1. The second-order valence-electron chi connectivity index (χ2n) is 5.72. The summed E-state index contributed by atoms with van der Waals surface area (Å²) in [6, 6.07) is 12.3. The number of imidazole rings is 1. The largest absolute Gasteiger partial charge is 0.323 e. The van der Waals surface area contributed by atoms with Gasteiger partial charge in [-0.2, -0.15) is 4.31 Å². The topological polar surface area (TPSA) is 86.0 Å². The molecule has 0 aliphatic carbocycles. The highest BCUT2D eigenvalue weighted by Gasteiger charge is 2.26. The molecule has 0 aliphatic heterocycles. The van der Waals surface area contributed by atoms with Gasteiger partial charge in [0.1, 0.15) is 0 Å². The lowest BCUT2D eigenvalue weighted by atomic mass is 10.3. The van der Waals surface area contributed by atoms with Crippen LogP contribution in [0.5, 0.6) is 0 Å². The molecule has 9 heteroatoms. The number of aromatic nitrogens is 2. The average Bonchev–Trinajstić information content (AvgIpc) is 3.34. The zero-order valence-electron chi connectivity index (χ0n) is 13.5. The van der Waals surface area contributed by atoms with E-state index in [0.29, 0.717) is 24.1 Å². The van der Waals surface area contributed by atoms with Crippen molar-refractivity contribution in [3.05, 3.63) is 73.5 Å². The van der Waals surface area contributed by atoms with Crippen LogP contribution in [0.1, 0.15) is 9.75 Å². The first-order valence-corrected chi connectivity index (χ1v) is 11.0. The van der Waals surface area contributed by atoms with E-state index in [1.54, 1.807) is 6.07 Å². The number of hydrogen-bond acceptors (Lipinski definition) is 5. The van der Waals surface area contributed by atoms with Crippen LogP contribution in [-0.4, -0.2) is 22.7 Å². The molecule has 0 fully saturated rings. The van der Waals surface area contributed by atoms with Crippen molar-refractivity contribution in [2.45, 2.75) is 18.0 Å². The molecular formula is C17H15N3O3S3. The van der Waals surface area contributed by atoms with Crippen molar-refractivity contribution in [3.63, 3.8) is 0 Å². The summed E-state index contributed by atoms with van der Waals surface area (Å²) in [6.45, 7) is 0.610. The van der Waals surface area contributed by atoms with Crippen LogP contribution in [0.2, 0.25) is 0 Å². The molecule has 0 atom stereocenters. The highest BCUT2D eigenvalue weighted by molar-refractivity contribution is 7.89. The van der Waals surface area contributed by atoms with Gasteiger partial charge in [-0.15, -0.1) is 22.7 Å². The predicted molar refractivity (Wildman–Crippen MR) is 104 cm³/mol. The Morgan fingerprint density at radius 2 is 1.50 bits per heavy atom. The van der Waals surface area contributed by atoms with E-state index in [1.807, 2.05) is 35.0 Å². The maximum Gasteiger partial charge on any atom is 0.323 e. The Balaban J connectivity index is 1.74. The van der Waals surface area contributed by atoms with Gasteiger partial charge in [0.15, 0.2) is 0 Å². The molecule has 2 N–H and O–H groups in total. The van der Waals surface area contributed by atoms with E-state index in [0.717, 1.165) is 9.75 Å². The van der Waals surface area contributed by atoms with Crippen molar-refractivity contribution in [1.29, 1.82) is 0 Å². The summed E-state index contributed by atoms with van der Waals surface area (Å²) in [4.78, 5) is 18.8. The molecular weight excluding hydrogens is 390 g/mol. The quantitative estimate of drug-likeness (QED) is 0.516. The summed E-state index contributed by atoms with van der Waals surface area (Å²) in [7, 11) is -3.72. The monoisotopic (exact) mass is 405 g/mol. The fourth-order valence-electron chi connectivity index (χ4n) is 2.70. The van der Waals surface area contributed by atoms with Crippen LogP contribution in [0.15, 0.2) is 62.9 Å². The number of thiophene rings is 2. The Morgan fingerprint density at radius 1 is 0.885 bits per heavy atom. The molecule has 3 heterocycles. The molecule has 0 amide bonds. The minimum absolute atomic E-state index is 0.161. The van der Waals surface area contributed by atoms with Gasteiger partial charge in [-0.3, -0.25) is 0 Å². The summed E-state index contributed by atoms with van der Waals surface area (Å²) in [5, 5.41) is 3.86. The molecule has 0 spiro atoms. The highest BCUT2D eigenvalue weighted by Crippen LogP contribution is 2.25. The van der Waals surface area contributed by atoms with E-state index in [9.17, 15) is 13.2 Å². The number of rotatable bonds is 6. The molecule has 0 aliphatic rings. The van der Waals surface area contributed by atoms with E-state index in [4.69, 9.17) is 0 Å². The number of hydrogen-bond donors (Lipinski definition) is 2. The SMILES string of the molecule is O=c1[nH]c2ccc(S(=O)(=O)N(Cc3cccs3)Cc3cccs3)cc2[nH]1. The van der Waals surface area contributed by atoms with Gasteiger partial charge in [-0.1, -0.05) is 12.1 Å². The number of H-pyrrole nitrogens is 2. The number of aromatic amines is 2. The lowest BCUT2D eigenvalue weighted by Crippen LogP contribution is -2.29. The van der Waals surface area contributed by atoms with E-state index in [1.165, 1.54) is 39.1 Å². The fraction of sp³-hybridized carbons (Fsp3) is 0.118. The van der Waals surface area contributed by atoms with E-state index in [-0.39, 0.29) is 10.6 Å². The molecule has 26 heavy (non-hydrogen) atoms. The standard InChI is InChI=1S/C17H15N3O3S3/c21-17-18-15-6-5-14(9-16(15)19-17)26(22,23)20(10-12-3-1-7-24-12)11-13-4-2-8-25-13/h1-9H,10-11H2,(H2,18,19,21). The van der Waals surface area contributed by atoms with Crippen molar-refractivity contribution in [1.82, 2.24) is 14.3 Å². The Labute approximate surface area is 157 Å². The normalized spacial score (nSPS) is 12.2. The lowest BCUT2D eigenvalue weighted by molar-refractivity contribution is 0.407. The predicted octanol–water partition coefficient (Wildman–Crippen LogP) is 3.37. The maximum absolute atomic E-state index is 13.3. The summed E-state index contributed by atoms with van der Waals surface area (Å²) in [6.07, 6.45) is 0. The molecule has 3 aromatic heterocycles. The maximum atomic E-state index is 13.3. The second-order valence-corrected chi connectivity index (χ2v) is 9.72. The molecule has 0 bridgehead atoms. The van der Waals surface area contributed by atoms with Gasteiger partial charge in [0.2, 0.25) is 10.0 Å². The number of nitrogens with zero attached hydrogens (tertiary/aromatic N) is 1. The van der Waals surface area contributed by atoms with Crippen LogP contribution in [0.4, 0.5) is 0 Å². The lowest BCUT2D eigenvalue weighted by Gasteiger charge is -2.21. The Hall–Kier alpha value is -2.20. The molecule has 134 valence electrons. The van der Waals surface area contributed by atoms with Crippen LogP contribution >= 0.6 is 22.7 Å². The Kier molecular flexibility index (Phi) is 4.53.